The van der Waals surface area contributed by atoms with Crippen molar-refractivity contribution in [1.29, 1.82) is 0 Å². The second kappa shape index (κ2) is 5.54. The van der Waals surface area contributed by atoms with Crippen LogP contribution in [0.5, 0.6) is 0 Å². The number of carbonyl (C=O) groups excluding carboxylic acids is 3. The molecule has 1 unspecified atom stereocenters. The highest BCUT2D eigenvalue weighted by Crippen LogP contribution is 2.44. The molecule has 112 valence electrons. The number of nitrogens with one attached hydrogen (secondary N) is 1. The summed E-state index contributed by atoms with van der Waals surface area (Å²) in [6.45, 7) is 6.21. The van der Waals surface area contributed by atoms with Crippen molar-refractivity contribution in [3.8, 4) is 0 Å². The van der Waals surface area contributed by atoms with Gasteiger partial charge in [-0.3, -0.25) is 19.8 Å². The van der Waals surface area contributed by atoms with Crippen LogP contribution >= 0.6 is 0 Å². The summed E-state index contributed by atoms with van der Waals surface area (Å²) in [5, 5.41) is 2.36. The lowest BCUT2D eigenvalue weighted by atomic mass is 9.66. The van der Waals surface area contributed by atoms with Crippen LogP contribution in [0.15, 0.2) is 0 Å². The zero-order valence-electron chi connectivity index (χ0n) is 12.6. The highest BCUT2D eigenvalue weighted by molar-refractivity contribution is 6.19. The van der Waals surface area contributed by atoms with E-state index in [0.29, 0.717) is 18.8 Å². The Hall–Kier alpha value is -1.39. The van der Waals surface area contributed by atoms with Crippen LogP contribution in [-0.2, 0) is 9.59 Å². The molecule has 5 heteroatoms. The van der Waals surface area contributed by atoms with Gasteiger partial charge in [0, 0.05) is 6.04 Å². The number of nitrogens with zero attached hydrogens (tertiary/aromatic N) is 1. The van der Waals surface area contributed by atoms with E-state index in [1.165, 1.54) is 4.90 Å². The van der Waals surface area contributed by atoms with Crippen molar-refractivity contribution in [3.05, 3.63) is 0 Å². The summed E-state index contributed by atoms with van der Waals surface area (Å²) in [5.41, 5.74) is -0.944. The van der Waals surface area contributed by atoms with E-state index in [1.54, 1.807) is 0 Å². The van der Waals surface area contributed by atoms with Crippen molar-refractivity contribution < 1.29 is 14.4 Å². The fourth-order valence-electron chi connectivity index (χ4n) is 3.02. The Morgan fingerprint density at radius 3 is 2.30 bits per heavy atom. The number of hydrogen-bond acceptors (Lipinski definition) is 3. The minimum Gasteiger partial charge on any atom is -0.277 e. The minimum absolute atomic E-state index is 0.146. The number of rotatable bonds is 5. The summed E-state index contributed by atoms with van der Waals surface area (Å²) >= 11 is 0. The first kappa shape index (κ1) is 15.0. The third kappa shape index (κ3) is 2.45. The van der Waals surface area contributed by atoms with E-state index < -0.39 is 17.4 Å². The molecule has 1 heterocycles. The molecule has 0 aromatic rings. The molecule has 2 aliphatic rings. The average Bonchev–Trinajstić information content (AvgIpc) is 2.25. The molecule has 2 fully saturated rings. The largest absolute Gasteiger partial charge is 0.331 e. The lowest BCUT2D eigenvalue weighted by Crippen LogP contribution is -2.67. The summed E-state index contributed by atoms with van der Waals surface area (Å²) < 4.78 is 0. The van der Waals surface area contributed by atoms with Crippen LogP contribution in [0.3, 0.4) is 0 Å². The van der Waals surface area contributed by atoms with Gasteiger partial charge in [0.15, 0.2) is 0 Å². The van der Waals surface area contributed by atoms with Gasteiger partial charge in [0.1, 0.15) is 5.41 Å². The maximum Gasteiger partial charge on any atom is 0.331 e. The Morgan fingerprint density at radius 2 is 1.80 bits per heavy atom. The van der Waals surface area contributed by atoms with Gasteiger partial charge in [-0.05, 0) is 32.1 Å². The number of barbiturate groups is 1. The van der Waals surface area contributed by atoms with Gasteiger partial charge in [-0.15, -0.1) is 0 Å². The maximum absolute atomic E-state index is 12.5. The Bertz CT molecular complexity index is 427. The molecule has 0 aromatic carbocycles. The van der Waals surface area contributed by atoms with Crippen molar-refractivity contribution in [2.45, 2.75) is 65.3 Å². The molecule has 5 nitrogen and oxygen atoms in total. The normalized spacial score (nSPS) is 23.0. The number of amides is 4. The van der Waals surface area contributed by atoms with Gasteiger partial charge in [-0.2, -0.15) is 0 Å². The Kier molecular flexibility index (Phi) is 4.16. The number of imide groups is 2. The highest BCUT2D eigenvalue weighted by atomic mass is 16.2. The van der Waals surface area contributed by atoms with Crippen LogP contribution in [0.1, 0.15) is 59.3 Å². The molecule has 0 radical (unpaired) electrons. The number of urea groups is 1. The van der Waals surface area contributed by atoms with E-state index in [1.807, 2.05) is 6.92 Å². The number of carbonyl (C=O) groups is 3. The van der Waals surface area contributed by atoms with Gasteiger partial charge in [0.25, 0.3) is 0 Å². The van der Waals surface area contributed by atoms with E-state index >= 15 is 0 Å². The summed E-state index contributed by atoms with van der Waals surface area (Å²) in [4.78, 5) is 37.7. The summed E-state index contributed by atoms with van der Waals surface area (Å²) in [6.07, 6.45) is 4.87. The predicted molar refractivity (Wildman–Crippen MR) is 74.8 cm³/mol. The molecule has 0 bridgehead atoms. The van der Waals surface area contributed by atoms with Gasteiger partial charge in [-0.1, -0.05) is 33.1 Å². The lowest BCUT2D eigenvalue weighted by molar-refractivity contribution is -0.159. The second-order valence-corrected chi connectivity index (χ2v) is 6.54. The molecule has 1 saturated heterocycles. The third-order valence-electron chi connectivity index (χ3n) is 4.55. The summed E-state index contributed by atoms with van der Waals surface area (Å²) in [7, 11) is 0. The lowest BCUT2D eigenvalue weighted by Gasteiger charge is -2.46. The molecule has 2 rings (SSSR count). The fourth-order valence-corrected chi connectivity index (χ4v) is 3.02. The molecule has 1 aliphatic carbocycles. The topological polar surface area (TPSA) is 66.5 Å². The van der Waals surface area contributed by atoms with Gasteiger partial charge >= 0.3 is 6.03 Å². The predicted octanol–water partition coefficient (Wildman–Crippen LogP) is 2.45. The highest BCUT2D eigenvalue weighted by Gasteiger charge is 2.57. The minimum atomic E-state index is -0.944. The van der Waals surface area contributed by atoms with Crippen LogP contribution in [0.2, 0.25) is 0 Å². The van der Waals surface area contributed by atoms with E-state index in [9.17, 15) is 14.4 Å². The Labute approximate surface area is 120 Å². The molecule has 1 N–H and O–H groups in total. The average molecular weight is 280 g/mol. The third-order valence-corrected chi connectivity index (χ3v) is 4.55. The van der Waals surface area contributed by atoms with Crippen LogP contribution in [0.4, 0.5) is 4.79 Å². The van der Waals surface area contributed by atoms with E-state index in [4.69, 9.17) is 0 Å². The molecule has 1 aliphatic heterocycles. The SMILES string of the molecule is CC(C)CCCC(C)N1C(=O)NC(=O)C2(CCC2)C1=O. The quantitative estimate of drug-likeness (QED) is 0.787. The summed E-state index contributed by atoms with van der Waals surface area (Å²) in [6, 6.07) is -0.693. The first-order chi connectivity index (χ1) is 9.38. The van der Waals surface area contributed by atoms with Crippen molar-refractivity contribution in [2.75, 3.05) is 0 Å². The Balaban J connectivity index is 2.04. The van der Waals surface area contributed by atoms with Gasteiger partial charge in [0.05, 0.1) is 0 Å². The molecule has 4 amide bonds. The van der Waals surface area contributed by atoms with Crippen molar-refractivity contribution in [1.82, 2.24) is 10.2 Å². The van der Waals surface area contributed by atoms with E-state index in [2.05, 4.69) is 19.2 Å². The van der Waals surface area contributed by atoms with Crippen molar-refractivity contribution in [2.24, 2.45) is 11.3 Å². The molecular formula is C15H24N2O3. The first-order valence-electron chi connectivity index (χ1n) is 7.57. The monoisotopic (exact) mass is 280 g/mol. The van der Waals surface area contributed by atoms with Gasteiger partial charge < -0.3 is 0 Å². The molecule has 20 heavy (non-hydrogen) atoms. The molecule has 1 spiro atoms. The van der Waals surface area contributed by atoms with E-state index in [-0.39, 0.29) is 11.9 Å². The van der Waals surface area contributed by atoms with Crippen LogP contribution in [0, 0.1) is 11.3 Å². The smallest absolute Gasteiger partial charge is 0.277 e. The van der Waals surface area contributed by atoms with Crippen LogP contribution < -0.4 is 5.32 Å². The van der Waals surface area contributed by atoms with Crippen LogP contribution in [0.25, 0.3) is 0 Å². The molecule has 0 aromatic heterocycles. The van der Waals surface area contributed by atoms with Crippen LogP contribution in [-0.4, -0.2) is 28.8 Å². The number of hydrogen-bond donors (Lipinski definition) is 1. The Morgan fingerprint density at radius 1 is 1.15 bits per heavy atom. The second-order valence-electron chi connectivity index (χ2n) is 6.54. The van der Waals surface area contributed by atoms with Gasteiger partial charge in [-0.25, -0.2) is 4.79 Å². The van der Waals surface area contributed by atoms with Crippen molar-refractivity contribution in [3.63, 3.8) is 0 Å². The van der Waals surface area contributed by atoms with E-state index in [0.717, 1.165) is 25.7 Å². The molecule has 1 atom stereocenters. The first-order valence-corrected chi connectivity index (χ1v) is 7.57. The maximum atomic E-state index is 12.5. The molecule has 1 saturated carbocycles. The zero-order valence-corrected chi connectivity index (χ0v) is 12.6. The molecular weight excluding hydrogens is 256 g/mol. The van der Waals surface area contributed by atoms with Gasteiger partial charge in [0.2, 0.25) is 11.8 Å². The van der Waals surface area contributed by atoms with Crippen molar-refractivity contribution >= 4 is 17.8 Å². The summed E-state index contributed by atoms with van der Waals surface area (Å²) in [5.74, 6) is -0.0634. The fraction of sp³-hybridized carbons (Fsp3) is 0.800. The standard InChI is InChI=1S/C15H24N2O3/c1-10(2)6-4-7-11(3)17-13(19)15(8-5-9-15)12(18)16-14(17)20/h10-11H,4-9H2,1-3H3,(H,16,18,20). The zero-order chi connectivity index (χ0) is 14.9.